The van der Waals surface area contributed by atoms with Gasteiger partial charge in [-0.25, -0.2) is 8.78 Å². The molecule has 0 aromatic carbocycles. The molecule has 0 aliphatic heterocycles. The monoisotopic (exact) mass is 121 g/mol. The largest absolute Gasteiger partial charge is 0.330 e. The van der Waals surface area contributed by atoms with Crippen molar-refractivity contribution in [3.63, 3.8) is 0 Å². The predicted molar refractivity (Wildman–Crippen MR) is 26.7 cm³/mol. The van der Waals surface area contributed by atoms with E-state index in [1.807, 2.05) is 0 Å². The minimum absolute atomic E-state index is 0.119. The van der Waals surface area contributed by atoms with Gasteiger partial charge in [-0.2, -0.15) is 0 Å². The molecule has 0 aromatic heterocycles. The average molecular weight is 121 g/mol. The first-order chi connectivity index (χ1) is 3.60. The average Bonchev–Trinajstić information content (AvgIpc) is 2.09. The molecule has 1 aliphatic carbocycles. The molecule has 0 unspecified atom stereocenters. The highest BCUT2D eigenvalue weighted by molar-refractivity contribution is 5.02. The van der Waals surface area contributed by atoms with Gasteiger partial charge in [0.05, 0.1) is 0 Å². The summed E-state index contributed by atoms with van der Waals surface area (Å²) in [7, 11) is 0. The van der Waals surface area contributed by atoms with E-state index in [0.29, 0.717) is 0 Å². The van der Waals surface area contributed by atoms with Crippen LogP contribution in [0.3, 0.4) is 0 Å². The Labute approximate surface area is 46.9 Å². The summed E-state index contributed by atoms with van der Waals surface area (Å²) < 4.78 is 24.2. The molecule has 0 spiro atoms. The smallest absolute Gasteiger partial charge is 0.255 e. The third kappa shape index (κ3) is 0.540. The summed E-state index contributed by atoms with van der Waals surface area (Å²) in [6.45, 7) is 1.64. The van der Waals surface area contributed by atoms with E-state index in [0.717, 1.165) is 0 Å². The first kappa shape index (κ1) is 5.95. The maximum absolute atomic E-state index is 12.1. The van der Waals surface area contributed by atoms with Crippen LogP contribution in [0.15, 0.2) is 0 Å². The van der Waals surface area contributed by atoms with Crippen molar-refractivity contribution in [2.24, 2.45) is 17.6 Å². The van der Waals surface area contributed by atoms with Crippen molar-refractivity contribution in [1.29, 1.82) is 0 Å². The van der Waals surface area contributed by atoms with Crippen LogP contribution in [-0.2, 0) is 0 Å². The molecule has 0 heterocycles. The highest BCUT2D eigenvalue weighted by atomic mass is 19.3. The second-order valence-corrected chi connectivity index (χ2v) is 2.31. The Hall–Kier alpha value is -0.180. The summed E-state index contributed by atoms with van der Waals surface area (Å²) in [5.41, 5.74) is 5.02. The Kier molecular flexibility index (Phi) is 1.05. The molecular formula is C5H9F2N. The molecule has 0 amide bonds. The molecule has 48 valence electrons. The van der Waals surface area contributed by atoms with Gasteiger partial charge in [-0.3, -0.25) is 0 Å². The van der Waals surface area contributed by atoms with Gasteiger partial charge < -0.3 is 5.73 Å². The minimum Gasteiger partial charge on any atom is -0.330 e. The summed E-state index contributed by atoms with van der Waals surface area (Å²) in [6.07, 6.45) is 0. The fraction of sp³-hybridized carbons (Fsp3) is 1.00. The van der Waals surface area contributed by atoms with Gasteiger partial charge in [0.1, 0.15) is 0 Å². The van der Waals surface area contributed by atoms with E-state index in [2.05, 4.69) is 0 Å². The number of nitrogens with two attached hydrogens (primary N) is 1. The summed E-state index contributed by atoms with van der Waals surface area (Å²) in [6, 6.07) is 0. The molecule has 1 aliphatic rings. The Morgan fingerprint density at radius 3 is 2.00 bits per heavy atom. The number of halogens is 2. The summed E-state index contributed by atoms with van der Waals surface area (Å²) >= 11 is 0. The zero-order chi connectivity index (χ0) is 6.36. The number of hydrogen-bond donors (Lipinski definition) is 1. The van der Waals surface area contributed by atoms with E-state index in [1.165, 1.54) is 6.92 Å². The normalized spacial score (nSPS) is 42.0. The van der Waals surface area contributed by atoms with Crippen LogP contribution >= 0.6 is 0 Å². The molecule has 1 nitrogen and oxygen atoms in total. The Morgan fingerprint density at radius 1 is 1.62 bits per heavy atom. The molecule has 1 rings (SSSR count). The first-order valence-corrected chi connectivity index (χ1v) is 2.68. The molecule has 0 saturated heterocycles. The van der Waals surface area contributed by atoms with Crippen molar-refractivity contribution in [3.05, 3.63) is 0 Å². The second kappa shape index (κ2) is 1.41. The Balaban J connectivity index is 2.45. The lowest BCUT2D eigenvalue weighted by Crippen LogP contribution is -2.06. The standard InChI is InChI=1S/C5H9F2N/c1-3-4(2-8)5(3,6)7/h3-4H,2,8H2,1H3/t3-,4-/m1/s1. The molecule has 1 fully saturated rings. The van der Waals surface area contributed by atoms with E-state index in [4.69, 9.17) is 5.73 Å². The Bertz CT molecular complexity index is 103. The van der Waals surface area contributed by atoms with Gasteiger partial charge in [-0.05, 0) is 0 Å². The zero-order valence-electron chi connectivity index (χ0n) is 4.70. The summed E-state index contributed by atoms with van der Waals surface area (Å²) in [4.78, 5) is 0. The molecule has 0 aromatic rings. The fourth-order valence-electron chi connectivity index (χ4n) is 0.921. The van der Waals surface area contributed by atoms with Gasteiger partial charge in [0.25, 0.3) is 5.92 Å². The van der Waals surface area contributed by atoms with E-state index in [-0.39, 0.29) is 6.54 Å². The summed E-state index contributed by atoms with van der Waals surface area (Å²) in [5, 5.41) is 0. The van der Waals surface area contributed by atoms with Crippen LogP contribution in [0.25, 0.3) is 0 Å². The van der Waals surface area contributed by atoms with Crippen LogP contribution in [0.2, 0.25) is 0 Å². The quantitative estimate of drug-likeness (QED) is 0.546. The topological polar surface area (TPSA) is 26.0 Å². The van der Waals surface area contributed by atoms with Crippen LogP contribution < -0.4 is 5.73 Å². The maximum atomic E-state index is 12.1. The molecule has 2 N–H and O–H groups in total. The molecule has 1 saturated carbocycles. The Morgan fingerprint density at radius 2 is 2.00 bits per heavy atom. The number of rotatable bonds is 1. The van der Waals surface area contributed by atoms with Crippen LogP contribution in [0, 0.1) is 11.8 Å². The van der Waals surface area contributed by atoms with Crippen LogP contribution in [0.5, 0.6) is 0 Å². The fourth-order valence-corrected chi connectivity index (χ4v) is 0.921. The van der Waals surface area contributed by atoms with Crippen molar-refractivity contribution >= 4 is 0 Å². The van der Waals surface area contributed by atoms with Crippen molar-refractivity contribution in [3.8, 4) is 0 Å². The molecule has 3 heteroatoms. The lowest BCUT2D eigenvalue weighted by atomic mass is 10.3. The maximum Gasteiger partial charge on any atom is 0.255 e. The highest BCUT2D eigenvalue weighted by Gasteiger charge is 2.64. The second-order valence-electron chi connectivity index (χ2n) is 2.31. The summed E-state index contributed by atoms with van der Waals surface area (Å²) in [5.74, 6) is -3.47. The first-order valence-electron chi connectivity index (χ1n) is 2.68. The van der Waals surface area contributed by atoms with Crippen molar-refractivity contribution < 1.29 is 8.78 Å². The van der Waals surface area contributed by atoms with E-state index in [9.17, 15) is 8.78 Å². The SMILES string of the molecule is C[C@@H]1[C@@H](CN)C1(F)F. The molecule has 2 atom stereocenters. The van der Waals surface area contributed by atoms with Gasteiger partial charge in [0, 0.05) is 18.4 Å². The third-order valence-electron chi connectivity index (χ3n) is 1.85. The highest BCUT2D eigenvalue weighted by Crippen LogP contribution is 2.53. The van der Waals surface area contributed by atoms with E-state index in [1.54, 1.807) is 0 Å². The van der Waals surface area contributed by atoms with Crippen LogP contribution in [-0.4, -0.2) is 12.5 Å². The minimum atomic E-state index is -2.45. The van der Waals surface area contributed by atoms with Crippen molar-refractivity contribution in [1.82, 2.24) is 0 Å². The lowest BCUT2D eigenvalue weighted by Gasteiger charge is -1.87. The van der Waals surface area contributed by atoms with Crippen molar-refractivity contribution in [2.45, 2.75) is 12.8 Å². The van der Waals surface area contributed by atoms with Gasteiger partial charge in [0.15, 0.2) is 0 Å². The van der Waals surface area contributed by atoms with Gasteiger partial charge in [-0.1, -0.05) is 6.92 Å². The van der Waals surface area contributed by atoms with Gasteiger partial charge in [-0.15, -0.1) is 0 Å². The molecule has 8 heavy (non-hydrogen) atoms. The molecule has 0 radical (unpaired) electrons. The van der Waals surface area contributed by atoms with Crippen LogP contribution in [0.4, 0.5) is 8.78 Å². The van der Waals surface area contributed by atoms with Crippen LogP contribution in [0.1, 0.15) is 6.92 Å². The molecule has 0 bridgehead atoms. The van der Waals surface area contributed by atoms with E-state index >= 15 is 0 Å². The third-order valence-corrected chi connectivity index (χ3v) is 1.85. The van der Waals surface area contributed by atoms with E-state index < -0.39 is 17.8 Å². The predicted octanol–water partition coefficient (Wildman–Crippen LogP) is 0.846. The zero-order valence-corrected chi connectivity index (χ0v) is 4.70. The molecular weight excluding hydrogens is 112 g/mol. The van der Waals surface area contributed by atoms with Gasteiger partial charge in [0.2, 0.25) is 0 Å². The lowest BCUT2D eigenvalue weighted by molar-refractivity contribution is 0.0878. The van der Waals surface area contributed by atoms with Gasteiger partial charge >= 0.3 is 0 Å². The number of hydrogen-bond acceptors (Lipinski definition) is 1. The number of alkyl halides is 2. The van der Waals surface area contributed by atoms with Crippen molar-refractivity contribution in [2.75, 3.05) is 6.54 Å².